The molecular formula is C15H20N2O3S. The van der Waals surface area contributed by atoms with Crippen molar-refractivity contribution in [1.29, 1.82) is 0 Å². The van der Waals surface area contributed by atoms with Gasteiger partial charge in [-0.3, -0.25) is 4.79 Å². The minimum atomic E-state index is -3.53. The van der Waals surface area contributed by atoms with Crippen molar-refractivity contribution in [3.8, 4) is 0 Å². The van der Waals surface area contributed by atoms with E-state index in [1.165, 1.54) is 17.5 Å². The molecule has 0 aromatic heterocycles. The van der Waals surface area contributed by atoms with Crippen LogP contribution in [0.25, 0.3) is 0 Å². The van der Waals surface area contributed by atoms with Crippen LogP contribution >= 0.6 is 0 Å². The summed E-state index contributed by atoms with van der Waals surface area (Å²) in [5, 5.41) is 5.10. The maximum absolute atomic E-state index is 12.2. The predicted octanol–water partition coefficient (Wildman–Crippen LogP) is 1.21. The summed E-state index contributed by atoms with van der Waals surface area (Å²) < 4.78 is 22.4. The molecule has 0 bridgehead atoms. The molecule has 2 aliphatic rings. The Hall–Kier alpha value is -1.40. The summed E-state index contributed by atoms with van der Waals surface area (Å²) >= 11 is 0. The second-order valence-electron chi connectivity index (χ2n) is 6.03. The second-order valence-corrected chi connectivity index (χ2v) is 7.68. The number of hydrogen-bond donors (Lipinski definition) is 1. The van der Waals surface area contributed by atoms with E-state index < -0.39 is 10.0 Å². The summed E-state index contributed by atoms with van der Waals surface area (Å²) in [6.45, 7) is 0.450. The fraction of sp³-hybridized carbons (Fsp3) is 0.533. The number of anilines is 1. The Morgan fingerprint density at radius 1 is 1.24 bits per heavy atom. The number of aryl methyl sites for hydroxylation is 1. The first-order valence-electron chi connectivity index (χ1n) is 7.35. The molecule has 1 amide bonds. The van der Waals surface area contributed by atoms with Gasteiger partial charge in [0.2, 0.25) is 15.9 Å². The lowest BCUT2D eigenvalue weighted by atomic mass is 9.90. The summed E-state index contributed by atoms with van der Waals surface area (Å²) in [5.41, 5.74) is 3.55. The topological polar surface area (TPSA) is 80.5 Å². The number of amides is 1. The first-order valence-corrected chi connectivity index (χ1v) is 9.07. The number of hydrogen-bond acceptors (Lipinski definition) is 3. The number of benzene rings is 1. The normalized spacial score (nSPS) is 22.4. The zero-order valence-corrected chi connectivity index (χ0v) is 12.7. The Kier molecular flexibility index (Phi) is 3.75. The van der Waals surface area contributed by atoms with Crippen LogP contribution in [0.4, 0.5) is 5.69 Å². The lowest BCUT2D eigenvalue weighted by molar-refractivity contribution is -0.117. The Balaban J connectivity index is 1.86. The molecule has 0 spiro atoms. The number of carbonyl (C=O) groups is 1. The molecule has 1 aromatic rings. The van der Waals surface area contributed by atoms with Gasteiger partial charge in [0.1, 0.15) is 0 Å². The highest BCUT2D eigenvalue weighted by Gasteiger charge is 2.34. The molecule has 1 aliphatic carbocycles. The van der Waals surface area contributed by atoms with E-state index in [4.69, 9.17) is 5.14 Å². The largest absolute Gasteiger partial charge is 0.312 e. The first kappa shape index (κ1) is 14.5. The minimum Gasteiger partial charge on any atom is -0.312 e. The number of sulfonamides is 1. The van der Waals surface area contributed by atoms with Gasteiger partial charge >= 0.3 is 0 Å². The third-order valence-electron chi connectivity index (χ3n) is 4.34. The van der Waals surface area contributed by atoms with Gasteiger partial charge in [-0.25, -0.2) is 13.6 Å². The summed E-state index contributed by atoms with van der Waals surface area (Å²) in [6, 6.07) is 6.08. The number of nitrogens with zero attached hydrogens (tertiary/aromatic N) is 1. The molecule has 2 N–H and O–H groups in total. The molecule has 5 nitrogen and oxygen atoms in total. The molecule has 3 rings (SSSR count). The van der Waals surface area contributed by atoms with Gasteiger partial charge < -0.3 is 4.90 Å². The van der Waals surface area contributed by atoms with Gasteiger partial charge in [-0.1, -0.05) is 12.1 Å². The number of primary sulfonamides is 1. The molecular weight excluding hydrogens is 288 g/mol. The van der Waals surface area contributed by atoms with Gasteiger partial charge in [0, 0.05) is 24.6 Å². The maximum Gasteiger partial charge on any atom is 0.227 e. The highest BCUT2D eigenvalue weighted by Crippen LogP contribution is 2.34. The molecule has 1 heterocycles. The van der Waals surface area contributed by atoms with Crippen molar-refractivity contribution in [3.05, 3.63) is 29.3 Å². The van der Waals surface area contributed by atoms with Crippen LogP contribution in [0.3, 0.4) is 0 Å². The lowest BCUT2D eigenvalue weighted by Gasteiger charge is -2.25. The molecule has 21 heavy (non-hydrogen) atoms. The van der Waals surface area contributed by atoms with Crippen molar-refractivity contribution < 1.29 is 13.2 Å². The fourth-order valence-corrected chi connectivity index (χ4v) is 4.35. The van der Waals surface area contributed by atoms with Gasteiger partial charge in [-0.15, -0.1) is 0 Å². The van der Waals surface area contributed by atoms with E-state index in [1.807, 2.05) is 12.1 Å². The van der Waals surface area contributed by atoms with Gasteiger partial charge in [-0.2, -0.15) is 0 Å². The molecule has 0 saturated carbocycles. The SMILES string of the molecule is NS(=O)(=O)CC1CC(=O)N(c2cccc3c2CCCC3)C1. The van der Waals surface area contributed by atoms with Crippen LogP contribution in [0.15, 0.2) is 18.2 Å². The van der Waals surface area contributed by atoms with Gasteiger partial charge in [0.15, 0.2) is 0 Å². The maximum atomic E-state index is 12.2. The zero-order chi connectivity index (χ0) is 15.0. The van der Waals surface area contributed by atoms with Gasteiger partial charge in [0.25, 0.3) is 0 Å². The Bertz CT molecular complexity index is 669. The second kappa shape index (κ2) is 5.42. The van der Waals surface area contributed by atoms with Gasteiger partial charge in [0.05, 0.1) is 5.75 Å². The van der Waals surface area contributed by atoms with Crippen LogP contribution in [-0.4, -0.2) is 26.6 Å². The molecule has 1 unspecified atom stereocenters. The van der Waals surface area contributed by atoms with Crippen molar-refractivity contribution in [2.75, 3.05) is 17.2 Å². The van der Waals surface area contributed by atoms with E-state index in [0.717, 1.165) is 24.9 Å². The molecule has 1 fully saturated rings. The number of carbonyl (C=O) groups excluding carboxylic acids is 1. The fourth-order valence-electron chi connectivity index (χ4n) is 3.47. The summed E-state index contributed by atoms with van der Waals surface area (Å²) in [4.78, 5) is 14.0. The molecule has 1 aromatic carbocycles. The molecule has 0 radical (unpaired) electrons. The van der Waals surface area contributed by atoms with Gasteiger partial charge in [-0.05, 0) is 42.9 Å². The van der Waals surface area contributed by atoms with Crippen molar-refractivity contribution in [1.82, 2.24) is 0 Å². The summed E-state index contributed by atoms with van der Waals surface area (Å²) in [7, 11) is -3.53. The standard InChI is InChI=1S/C15H20N2O3S/c16-21(19,20)10-11-8-15(18)17(9-11)14-7-3-5-12-4-1-2-6-13(12)14/h3,5,7,11H,1-2,4,6,8-10H2,(H2,16,19,20). The quantitative estimate of drug-likeness (QED) is 0.911. The summed E-state index contributed by atoms with van der Waals surface area (Å²) in [5.74, 6) is -0.320. The van der Waals surface area contributed by atoms with Crippen LogP contribution in [0.2, 0.25) is 0 Å². The molecule has 6 heteroatoms. The average Bonchev–Trinajstić information content (AvgIpc) is 2.76. The first-order chi connectivity index (χ1) is 9.94. The molecule has 1 saturated heterocycles. The van der Waals surface area contributed by atoms with Crippen molar-refractivity contribution in [3.63, 3.8) is 0 Å². The predicted molar refractivity (Wildman–Crippen MR) is 81.5 cm³/mol. The summed E-state index contributed by atoms with van der Waals surface area (Å²) in [6.07, 6.45) is 4.66. The molecule has 1 aliphatic heterocycles. The third-order valence-corrected chi connectivity index (χ3v) is 5.27. The Morgan fingerprint density at radius 3 is 2.76 bits per heavy atom. The zero-order valence-electron chi connectivity index (χ0n) is 11.9. The van der Waals surface area contributed by atoms with E-state index in [9.17, 15) is 13.2 Å². The van der Waals surface area contributed by atoms with Crippen LogP contribution < -0.4 is 10.0 Å². The monoisotopic (exact) mass is 308 g/mol. The Morgan fingerprint density at radius 2 is 2.00 bits per heavy atom. The van der Waals surface area contributed by atoms with Crippen LogP contribution in [0.1, 0.15) is 30.4 Å². The minimum absolute atomic E-state index is 0.00243. The average molecular weight is 308 g/mol. The molecule has 1 atom stereocenters. The van der Waals surface area contributed by atoms with E-state index in [0.29, 0.717) is 6.54 Å². The molecule has 114 valence electrons. The van der Waals surface area contributed by atoms with E-state index >= 15 is 0 Å². The van der Waals surface area contributed by atoms with Crippen molar-refractivity contribution >= 4 is 21.6 Å². The van der Waals surface area contributed by atoms with Crippen LogP contribution in [0, 0.1) is 5.92 Å². The number of rotatable bonds is 3. The smallest absolute Gasteiger partial charge is 0.227 e. The van der Waals surface area contributed by atoms with Crippen molar-refractivity contribution in [2.24, 2.45) is 11.1 Å². The lowest BCUT2D eigenvalue weighted by Crippen LogP contribution is -2.28. The van der Waals surface area contributed by atoms with Crippen molar-refractivity contribution in [2.45, 2.75) is 32.1 Å². The Labute approximate surface area is 125 Å². The van der Waals surface area contributed by atoms with E-state index in [1.54, 1.807) is 4.90 Å². The highest BCUT2D eigenvalue weighted by molar-refractivity contribution is 7.89. The third kappa shape index (κ3) is 3.11. The number of nitrogens with two attached hydrogens (primary N) is 1. The number of fused-ring (bicyclic) bond motifs is 1. The van der Waals surface area contributed by atoms with Crippen LogP contribution in [0.5, 0.6) is 0 Å². The van der Waals surface area contributed by atoms with E-state index in [-0.39, 0.29) is 24.0 Å². The van der Waals surface area contributed by atoms with Crippen LogP contribution in [-0.2, 0) is 27.7 Å². The highest BCUT2D eigenvalue weighted by atomic mass is 32.2. The van der Waals surface area contributed by atoms with E-state index in [2.05, 4.69) is 6.07 Å².